The average molecular weight is 225 g/mol. The quantitative estimate of drug-likeness (QED) is 0.838. The number of nitrogens with two attached hydrogens (primary N) is 1. The van der Waals surface area contributed by atoms with Crippen LogP contribution in [0.25, 0.3) is 10.8 Å². The van der Waals surface area contributed by atoms with Crippen LogP contribution in [-0.2, 0) is 0 Å². The molecule has 2 heteroatoms. The second kappa shape index (κ2) is 3.59. The molecule has 0 bridgehead atoms. The summed E-state index contributed by atoms with van der Waals surface area (Å²) in [6, 6.07) is 12.1. The lowest BCUT2D eigenvalue weighted by molar-refractivity contribution is 0.100. The second-order valence-electron chi connectivity index (χ2n) is 4.97. The van der Waals surface area contributed by atoms with Crippen LogP contribution in [0, 0.1) is 5.92 Å². The molecule has 86 valence electrons. The lowest BCUT2D eigenvalue weighted by atomic mass is 9.98. The smallest absolute Gasteiger partial charge is 0.249 e. The van der Waals surface area contributed by atoms with E-state index in [0.717, 1.165) is 16.7 Å². The van der Waals surface area contributed by atoms with Crippen LogP contribution in [0.1, 0.15) is 35.2 Å². The van der Waals surface area contributed by atoms with Crippen molar-refractivity contribution in [3.8, 4) is 0 Å². The Morgan fingerprint density at radius 1 is 1.29 bits per heavy atom. The molecule has 2 aromatic carbocycles. The molecule has 0 saturated heterocycles. The highest BCUT2D eigenvalue weighted by Crippen LogP contribution is 2.47. The minimum absolute atomic E-state index is 0.337. The summed E-state index contributed by atoms with van der Waals surface area (Å²) in [5.74, 6) is 1.01. The normalized spacial score (nSPS) is 22.6. The van der Waals surface area contributed by atoms with Gasteiger partial charge in [0, 0.05) is 5.56 Å². The van der Waals surface area contributed by atoms with Gasteiger partial charge in [0.25, 0.3) is 0 Å². The van der Waals surface area contributed by atoms with Crippen LogP contribution in [0.5, 0.6) is 0 Å². The third-order valence-electron chi connectivity index (χ3n) is 3.69. The fourth-order valence-electron chi connectivity index (χ4n) is 2.54. The van der Waals surface area contributed by atoms with E-state index in [2.05, 4.69) is 13.0 Å². The van der Waals surface area contributed by atoms with Crippen molar-refractivity contribution in [2.24, 2.45) is 11.7 Å². The predicted molar refractivity (Wildman–Crippen MR) is 69.0 cm³/mol. The highest BCUT2D eigenvalue weighted by molar-refractivity contribution is 6.06. The molecule has 2 aromatic rings. The number of benzene rings is 2. The molecule has 1 fully saturated rings. The number of hydrogen-bond acceptors (Lipinski definition) is 1. The first-order valence-corrected chi connectivity index (χ1v) is 5.99. The maximum Gasteiger partial charge on any atom is 0.249 e. The van der Waals surface area contributed by atoms with Crippen LogP contribution in [0.15, 0.2) is 36.4 Å². The molecule has 0 aromatic heterocycles. The first kappa shape index (κ1) is 10.3. The van der Waals surface area contributed by atoms with E-state index in [0.29, 0.717) is 11.5 Å². The number of amides is 1. The van der Waals surface area contributed by atoms with Gasteiger partial charge in [0.1, 0.15) is 0 Å². The Hall–Kier alpha value is -1.83. The van der Waals surface area contributed by atoms with Crippen molar-refractivity contribution < 1.29 is 4.79 Å². The molecule has 2 unspecified atom stereocenters. The first-order valence-electron chi connectivity index (χ1n) is 5.99. The van der Waals surface area contributed by atoms with Crippen LogP contribution in [0.4, 0.5) is 0 Å². The zero-order chi connectivity index (χ0) is 12.0. The number of hydrogen-bond donors (Lipinski definition) is 1. The molecule has 3 rings (SSSR count). The van der Waals surface area contributed by atoms with E-state index in [-0.39, 0.29) is 5.91 Å². The monoisotopic (exact) mass is 225 g/mol. The van der Waals surface area contributed by atoms with Crippen LogP contribution in [0.3, 0.4) is 0 Å². The van der Waals surface area contributed by atoms with Crippen LogP contribution < -0.4 is 5.73 Å². The van der Waals surface area contributed by atoms with Gasteiger partial charge in [0.2, 0.25) is 5.91 Å². The minimum atomic E-state index is -0.337. The molecule has 0 spiro atoms. The SMILES string of the molecule is CC1CC1c1cc(C(N)=O)c2ccccc2c1. The number of carbonyl (C=O) groups is 1. The van der Waals surface area contributed by atoms with Gasteiger partial charge in [-0.05, 0) is 40.7 Å². The Balaban J connectivity index is 2.24. The highest BCUT2D eigenvalue weighted by atomic mass is 16.1. The molecule has 2 N–H and O–H groups in total. The lowest BCUT2D eigenvalue weighted by Crippen LogP contribution is -2.12. The van der Waals surface area contributed by atoms with Crippen molar-refractivity contribution in [2.75, 3.05) is 0 Å². The van der Waals surface area contributed by atoms with Gasteiger partial charge in [-0.1, -0.05) is 37.3 Å². The summed E-state index contributed by atoms with van der Waals surface area (Å²) < 4.78 is 0. The molecule has 0 heterocycles. The Kier molecular flexibility index (Phi) is 2.18. The number of primary amides is 1. The Labute approximate surface area is 100 Å². The van der Waals surface area contributed by atoms with Crippen LogP contribution in [0.2, 0.25) is 0 Å². The van der Waals surface area contributed by atoms with Gasteiger partial charge in [0.05, 0.1) is 0 Å². The van der Waals surface area contributed by atoms with Crippen molar-refractivity contribution >= 4 is 16.7 Å². The van der Waals surface area contributed by atoms with Crippen molar-refractivity contribution in [1.82, 2.24) is 0 Å². The third-order valence-corrected chi connectivity index (χ3v) is 3.69. The standard InChI is InChI=1S/C15H15NO/c1-9-6-13(9)11-7-10-4-2-3-5-12(10)14(8-11)15(16)17/h2-5,7-9,13H,6H2,1H3,(H2,16,17). The van der Waals surface area contributed by atoms with Gasteiger partial charge in [-0.3, -0.25) is 4.79 Å². The molecule has 2 atom stereocenters. The summed E-state index contributed by atoms with van der Waals surface area (Å²) in [6.07, 6.45) is 1.22. The average Bonchev–Trinajstić information content (AvgIpc) is 3.05. The summed E-state index contributed by atoms with van der Waals surface area (Å²) in [7, 11) is 0. The Bertz CT molecular complexity index is 603. The maximum absolute atomic E-state index is 11.5. The molecule has 2 nitrogen and oxygen atoms in total. The third kappa shape index (κ3) is 1.70. The summed E-state index contributed by atoms with van der Waals surface area (Å²) in [6.45, 7) is 2.24. The minimum Gasteiger partial charge on any atom is -0.366 e. The molecule has 0 radical (unpaired) electrons. The van der Waals surface area contributed by atoms with E-state index in [1.807, 2.05) is 30.3 Å². The van der Waals surface area contributed by atoms with Gasteiger partial charge in [-0.25, -0.2) is 0 Å². The topological polar surface area (TPSA) is 43.1 Å². The van der Waals surface area contributed by atoms with Gasteiger partial charge >= 0.3 is 0 Å². The van der Waals surface area contributed by atoms with E-state index >= 15 is 0 Å². The highest BCUT2D eigenvalue weighted by Gasteiger charge is 2.34. The summed E-state index contributed by atoms with van der Waals surface area (Å²) in [5, 5.41) is 2.06. The Morgan fingerprint density at radius 3 is 2.65 bits per heavy atom. The zero-order valence-corrected chi connectivity index (χ0v) is 9.81. The van der Waals surface area contributed by atoms with Gasteiger partial charge in [-0.2, -0.15) is 0 Å². The van der Waals surface area contributed by atoms with E-state index in [1.165, 1.54) is 12.0 Å². The van der Waals surface area contributed by atoms with Crippen molar-refractivity contribution in [3.05, 3.63) is 47.5 Å². The van der Waals surface area contributed by atoms with E-state index in [9.17, 15) is 4.79 Å². The van der Waals surface area contributed by atoms with E-state index in [1.54, 1.807) is 0 Å². The van der Waals surface area contributed by atoms with Gasteiger partial charge in [-0.15, -0.1) is 0 Å². The molecule has 0 aliphatic heterocycles. The van der Waals surface area contributed by atoms with Gasteiger partial charge in [0.15, 0.2) is 0 Å². The number of rotatable bonds is 2. The van der Waals surface area contributed by atoms with E-state index < -0.39 is 0 Å². The number of carbonyl (C=O) groups excluding carboxylic acids is 1. The first-order chi connectivity index (χ1) is 8.16. The zero-order valence-electron chi connectivity index (χ0n) is 9.81. The molecular weight excluding hydrogens is 210 g/mol. The largest absolute Gasteiger partial charge is 0.366 e. The van der Waals surface area contributed by atoms with E-state index in [4.69, 9.17) is 5.73 Å². The van der Waals surface area contributed by atoms with Crippen molar-refractivity contribution in [2.45, 2.75) is 19.3 Å². The molecule has 1 saturated carbocycles. The molecular formula is C15H15NO. The van der Waals surface area contributed by atoms with Crippen molar-refractivity contribution in [1.29, 1.82) is 0 Å². The Morgan fingerprint density at radius 2 is 2.00 bits per heavy atom. The molecule has 1 aliphatic carbocycles. The number of fused-ring (bicyclic) bond motifs is 1. The van der Waals surface area contributed by atoms with Crippen LogP contribution in [-0.4, -0.2) is 5.91 Å². The summed E-state index contributed by atoms with van der Waals surface area (Å²) >= 11 is 0. The van der Waals surface area contributed by atoms with Crippen LogP contribution >= 0.6 is 0 Å². The summed E-state index contributed by atoms with van der Waals surface area (Å²) in [5.41, 5.74) is 7.37. The van der Waals surface area contributed by atoms with Crippen molar-refractivity contribution in [3.63, 3.8) is 0 Å². The predicted octanol–water partition coefficient (Wildman–Crippen LogP) is 3.06. The summed E-state index contributed by atoms with van der Waals surface area (Å²) in [4.78, 5) is 11.5. The molecule has 17 heavy (non-hydrogen) atoms. The fraction of sp³-hybridized carbons (Fsp3) is 0.267. The fourth-order valence-corrected chi connectivity index (χ4v) is 2.54. The second-order valence-corrected chi connectivity index (χ2v) is 4.97. The lowest BCUT2D eigenvalue weighted by Gasteiger charge is -2.07. The molecule has 1 aliphatic rings. The van der Waals surface area contributed by atoms with Gasteiger partial charge < -0.3 is 5.73 Å². The maximum atomic E-state index is 11.5. The molecule has 1 amide bonds.